The van der Waals surface area contributed by atoms with Crippen molar-refractivity contribution < 1.29 is 9.90 Å². The number of rotatable bonds is 6. The van der Waals surface area contributed by atoms with Crippen LogP contribution in [0.2, 0.25) is 0 Å². The van der Waals surface area contributed by atoms with E-state index in [1.165, 1.54) is 5.54 Å². The van der Waals surface area contributed by atoms with E-state index in [1.807, 2.05) is 20.8 Å². The van der Waals surface area contributed by atoms with Crippen molar-refractivity contribution in [1.82, 2.24) is 4.90 Å². The molecule has 0 aromatic carbocycles. The Balaban J connectivity index is 4.18. The van der Waals surface area contributed by atoms with Gasteiger partial charge in [-0.3, -0.25) is 9.69 Å². The van der Waals surface area contributed by atoms with E-state index in [4.69, 9.17) is 16.7 Å². The minimum Gasteiger partial charge on any atom is -0.481 e. The average Bonchev–Trinajstić information content (AvgIpc) is 2.12. The van der Waals surface area contributed by atoms with Gasteiger partial charge in [-0.05, 0) is 26.0 Å². The summed E-state index contributed by atoms with van der Waals surface area (Å²) in [6, 6.07) is 0.0454. The van der Waals surface area contributed by atoms with Crippen molar-refractivity contribution in [3.05, 3.63) is 11.1 Å². The van der Waals surface area contributed by atoms with Gasteiger partial charge in [-0.25, -0.2) is 0 Å². The first-order valence-electron chi connectivity index (χ1n) is 4.73. The third-order valence-electron chi connectivity index (χ3n) is 2.14. The molecule has 0 rings (SSSR count). The predicted molar refractivity (Wildman–Crippen MR) is 58.6 cm³/mol. The maximum Gasteiger partial charge on any atom is 0.304 e. The van der Waals surface area contributed by atoms with Crippen LogP contribution in [0.3, 0.4) is 0 Å². The molecule has 0 aliphatic carbocycles. The van der Waals surface area contributed by atoms with Crippen molar-refractivity contribution in [2.24, 2.45) is 0 Å². The number of carbonyl (C=O) groups is 1. The topological polar surface area (TPSA) is 40.5 Å². The van der Waals surface area contributed by atoms with E-state index in [2.05, 4.69) is 4.90 Å². The largest absolute Gasteiger partial charge is 0.481 e. The first-order valence-corrected chi connectivity index (χ1v) is 5.16. The molecular weight excluding hydrogens is 202 g/mol. The van der Waals surface area contributed by atoms with Gasteiger partial charge < -0.3 is 5.11 Å². The maximum atomic E-state index is 10.5. The van der Waals surface area contributed by atoms with E-state index in [0.29, 0.717) is 0 Å². The van der Waals surface area contributed by atoms with Crippen molar-refractivity contribution >= 4 is 17.6 Å². The van der Waals surface area contributed by atoms with Crippen LogP contribution >= 0.6 is 11.6 Å². The highest BCUT2D eigenvalue weighted by Gasteiger charge is 2.15. The number of hydrogen-bond donors (Lipinski definition) is 1. The Kier molecular flexibility index (Phi) is 6.58. The van der Waals surface area contributed by atoms with E-state index in [9.17, 15) is 4.79 Å². The molecule has 0 radical (unpaired) electrons. The molecule has 0 saturated heterocycles. The van der Waals surface area contributed by atoms with Gasteiger partial charge in [0.05, 0.1) is 6.42 Å². The van der Waals surface area contributed by atoms with E-state index in [1.54, 1.807) is 0 Å². The summed E-state index contributed by atoms with van der Waals surface area (Å²) in [5.74, 6) is -0.761. The van der Waals surface area contributed by atoms with Crippen LogP contribution in [0.1, 0.15) is 27.2 Å². The number of likely N-dealkylation sites (N-methyl/N-ethyl adjacent to an activating group) is 1. The number of hydrogen-bond acceptors (Lipinski definition) is 2. The molecule has 0 aliphatic heterocycles. The second kappa shape index (κ2) is 6.85. The van der Waals surface area contributed by atoms with Gasteiger partial charge in [-0.2, -0.15) is 0 Å². The molecule has 1 N–H and O–H groups in total. The van der Waals surface area contributed by atoms with Crippen LogP contribution in [-0.2, 0) is 4.79 Å². The van der Waals surface area contributed by atoms with Gasteiger partial charge in [0.1, 0.15) is 0 Å². The molecule has 1 atom stereocenters. The second-order valence-corrected chi connectivity index (χ2v) is 3.68. The van der Waals surface area contributed by atoms with Gasteiger partial charge >= 0.3 is 5.97 Å². The summed E-state index contributed by atoms with van der Waals surface area (Å²) >= 11 is 5.56. The zero-order valence-corrected chi connectivity index (χ0v) is 9.71. The molecule has 0 aromatic rings. The molecule has 0 fully saturated rings. The average molecular weight is 220 g/mol. The zero-order valence-electron chi connectivity index (χ0n) is 8.96. The Morgan fingerprint density at radius 1 is 1.64 bits per heavy atom. The van der Waals surface area contributed by atoms with E-state index in [0.717, 1.165) is 18.7 Å². The Bertz CT molecular complexity index is 216. The summed E-state index contributed by atoms with van der Waals surface area (Å²) in [6.45, 7) is 7.42. The van der Waals surface area contributed by atoms with Crippen molar-refractivity contribution in [3.63, 3.8) is 0 Å². The van der Waals surface area contributed by atoms with Gasteiger partial charge in [-0.15, -0.1) is 0 Å². The zero-order chi connectivity index (χ0) is 11.1. The van der Waals surface area contributed by atoms with Crippen molar-refractivity contribution in [2.45, 2.75) is 33.2 Å². The summed E-state index contributed by atoms with van der Waals surface area (Å²) in [6.07, 6.45) is 0.170. The first-order chi connectivity index (χ1) is 6.51. The molecule has 4 heteroatoms. The minimum atomic E-state index is -0.761. The van der Waals surface area contributed by atoms with Crippen molar-refractivity contribution in [1.29, 1.82) is 0 Å². The molecule has 0 spiro atoms. The highest BCUT2D eigenvalue weighted by Crippen LogP contribution is 2.07. The van der Waals surface area contributed by atoms with E-state index in [-0.39, 0.29) is 12.5 Å². The van der Waals surface area contributed by atoms with Crippen LogP contribution in [0.5, 0.6) is 0 Å². The molecule has 14 heavy (non-hydrogen) atoms. The molecule has 0 aromatic heterocycles. The van der Waals surface area contributed by atoms with Crippen molar-refractivity contribution in [3.8, 4) is 0 Å². The van der Waals surface area contributed by atoms with Gasteiger partial charge in [0, 0.05) is 18.1 Å². The molecule has 0 saturated carbocycles. The highest BCUT2D eigenvalue weighted by molar-refractivity contribution is 6.25. The van der Waals surface area contributed by atoms with Gasteiger partial charge in [0.15, 0.2) is 0 Å². The predicted octanol–water partition coefficient (Wildman–Crippen LogP) is 2.31. The molecule has 3 nitrogen and oxygen atoms in total. The third-order valence-corrected chi connectivity index (χ3v) is 2.51. The number of aliphatic carboxylic acids is 1. The SMILES string of the molecule is CCN(CC(C)=CCl)C(C)CC(=O)O. The molecule has 82 valence electrons. The molecule has 1 unspecified atom stereocenters. The lowest BCUT2D eigenvalue weighted by Gasteiger charge is -2.26. The molecule has 0 bridgehead atoms. The Morgan fingerprint density at radius 3 is 2.57 bits per heavy atom. The smallest absolute Gasteiger partial charge is 0.304 e. The number of nitrogens with zero attached hydrogens (tertiary/aromatic N) is 1. The lowest BCUT2D eigenvalue weighted by molar-refractivity contribution is -0.138. The molecular formula is C10H18ClNO2. The van der Waals surface area contributed by atoms with Crippen LogP contribution in [0.25, 0.3) is 0 Å². The fourth-order valence-corrected chi connectivity index (χ4v) is 1.38. The Hall–Kier alpha value is -0.540. The number of halogens is 1. The van der Waals surface area contributed by atoms with Crippen LogP contribution in [0, 0.1) is 0 Å². The Labute approximate surface area is 90.4 Å². The maximum absolute atomic E-state index is 10.5. The summed E-state index contributed by atoms with van der Waals surface area (Å²) in [7, 11) is 0. The number of carboxylic acids is 1. The third kappa shape index (κ3) is 5.25. The van der Waals surface area contributed by atoms with Crippen LogP contribution < -0.4 is 0 Å². The Morgan fingerprint density at radius 2 is 2.21 bits per heavy atom. The fourth-order valence-electron chi connectivity index (χ4n) is 1.32. The van der Waals surface area contributed by atoms with Crippen LogP contribution in [0.4, 0.5) is 0 Å². The molecule has 0 amide bonds. The van der Waals surface area contributed by atoms with Crippen molar-refractivity contribution in [2.75, 3.05) is 13.1 Å². The second-order valence-electron chi connectivity index (χ2n) is 3.47. The summed E-state index contributed by atoms with van der Waals surface area (Å²) < 4.78 is 0. The first kappa shape index (κ1) is 13.5. The van der Waals surface area contributed by atoms with Gasteiger partial charge in [0.25, 0.3) is 0 Å². The standard InChI is InChI=1S/C10H18ClNO2/c1-4-12(7-8(2)6-11)9(3)5-10(13)14/h6,9H,4-5,7H2,1-3H3,(H,13,14). The molecule has 0 heterocycles. The van der Waals surface area contributed by atoms with Crippen LogP contribution in [-0.4, -0.2) is 35.1 Å². The lowest BCUT2D eigenvalue weighted by atomic mass is 10.2. The fraction of sp³-hybridized carbons (Fsp3) is 0.700. The summed E-state index contributed by atoms with van der Waals surface area (Å²) in [4.78, 5) is 12.6. The summed E-state index contributed by atoms with van der Waals surface area (Å²) in [5.41, 5.74) is 2.58. The number of carboxylic acid groups (broad SMARTS) is 1. The van der Waals surface area contributed by atoms with E-state index >= 15 is 0 Å². The van der Waals surface area contributed by atoms with E-state index < -0.39 is 5.97 Å². The normalized spacial score (nSPS) is 14.5. The van der Waals surface area contributed by atoms with Crippen LogP contribution in [0.15, 0.2) is 11.1 Å². The lowest BCUT2D eigenvalue weighted by Crippen LogP contribution is -2.35. The van der Waals surface area contributed by atoms with Gasteiger partial charge in [-0.1, -0.05) is 18.5 Å². The monoisotopic (exact) mass is 219 g/mol. The molecule has 0 aliphatic rings. The van der Waals surface area contributed by atoms with Gasteiger partial charge in [0.2, 0.25) is 0 Å². The minimum absolute atomic E-state index is 0.0454. The highest BCUT2D eigenvalue weighted by atomic mass is 35.5. The summed E-state index contributed by atoms with van der Waals surface area (Å²) in [5, 5.41) is 8.65. The quantitative estimate of drug-likeness (QED) is 0.746.